The molecule has 1 N–H and O–H groups in total. The Bertz CT molecular complexity index is 576. The Labute approximate surface area is 117 Å². The number of nitrogens with one attached hydrogen (secondary N) is 1. The van der Waals surface area contributed by atoms with E-state index in [0.29, 0.717) is 16.6 Å². The molecule has 2 aromatic rings. The molecule has 5 heteroatoms. The third-order valence-corrected chi connectivity index (χ3v) is 3.88. The first kappa shape index (κ1) is 13.2. The Balaban J connectivity index is 2.19. The van der Waals surface area contributed by atoms with Crippen LogP contribution in [0.2, 0.25) is 10.0 Å². The van der Waals surface area contributed by atoms with Gasteiger partial charge in [0.05, 0.1) is 21.4 Å². The standard InChI is InChI=1S/C13H15Cl2N3/c1-8-10(9(2)18(3)17-8)7-16-12-6-4-5-11(14)13(12)15/h4-6,16H,7H2,1-3H3. The molecule has 1 aromatic carbocycles. The van der Waals surface area contributed by atoms with Gasteiger partial charge in [-0.05, 0) is 26.0 Å². The van der Waals surface area contributed by atoms with E-state index in [4.69, 9.17) is 23.2 Å². The van der Waals surface area contributed by atoms with E-state index in [2.05, 4.69) is 17.3 Å². The van der Waals surface area contributed by atoms with Crippen molar-refractivity contribution in [3.63, 3.8) is 0 Å². The molecule has 0 aliphatic rings. The third kappa shape index (κ3) is 2.47. The first-order valence-electron chi connectivity index (χ1n) is 5.67. The van der Waals surface area contributed by atoms with Crippen LogP contribution in [0.3, 0.4) is 0 Å². The minimum atomic E-state index is 0.554. The van der Waals surface area contributed by atoms with Crippen molar-refractivity contribution < 1.29 is 0 Å². The second kappa shape index (κ2) is 5.21. The van der Waals surface area contributed by atoms with Crippen molar-refractivity contribution in [1.29, 1.82) is 0 Å². The maximum atomic E-state index is 6.13. The van der Waals surface area contributed by atoms with Crippen LogP contribution in [0.1, 0.15) is 17.0 Å². The average Bonchev–Trinajstić information content (AvgIpc) is 2.56. The van der Waals surface area contributed by atoms with Crippen LogP contribution in [0.5, 0.6) is 0 Å². The average molecular weight is 284 g/mol. The SMILES string of the molecule is Cc1nn(C)c(C)c1CNc1cccc(Cl)c1Cl. The highest BCUT2D eigenvalue weighted by molar-refractivity contribution is 6.43. The number of halogens is 2. The van der Waals surface area contributed by atoms with E-state index in [1.165, 1.54) is 5.56 Å². The zero-order valence-electron chi connectivity index (χ0n) is 10.6. The fraction of sp³-hybridized carbons (Fsp3) is 0.308. The molecule has 0 amide bonds. The summed E-state index contributed by atoms with van der Waals surface area (Å²) < 4.78 is 1.88. The second-order valence-electron chi connectivity index (χ2n) is 4.23. The molecule has 0 fully saturated rings. The molecule has 2 rings (SSSR count). The van der Waals surface area contributed by atoms with Crippen molar-refractivity contribution in [2.24, 2.45) is 7.05 Å². The zero-order valence-corrected chi connectivity index (χ0v) is 12.1. The van der Waals surface area contributed by atoms with Gasteiger partial charge in [-0.2, -0.15) is 5.10 Å². The molecule has 0 unspecified atom stereocenters. The molecular weight excluding hydrogens is 269 g/mol. The van der Waals surface area contributed by atoms with E-state index in [1.807, 2.05) is 30.8 Å². The van der Waals surface area contributed by atoms with E-state index in [-0.39, 0.29) is 0 Å². The molecule has 96 valence electrons. The van der Waals surface area contributed by atoms with Crippen molar-refractivity contribution in [3.05, 3.63) is 45.2 Å². The number of aryl methyl sites for hydroxylation is 2. The van der Waals surface area contributed by atoms with Crippen molar-refractivity contribution in [3.8, 4) is 0 Å². The Morgan fingerprint density at radius 2 is 2.00 bits per heavy atom. The summed E-state index contributed by atoms with van der Waals surface area (Å²) in [6.07, 6.45) is 0. The Hall–Kier alpha value is -1.19. The van der Waals surface area contributed by atoms with Crippen LogP contribution < -0.4 is 5.32 Å². The number of hydrogen-bond acceptors (Lipinski definition) is 2. The molecule has 0 bridgehead atoms. The summed E-state index contributed by atoms with van der Waals surface area (Å²) in [5.74, 6) is 0. The Morgan fingerprint density at radius 1 is 1.28 bits per heavy atom. The van der Waals surface area contributed by atoms with Crippen molar-refractivity contribution >= 4 is 28.9 Å². The minimum absolute atomic E-state index is 0.554. The number of hydrogen-bond donors (Lipinski definition) is 1. The fourth-order valence-electron chi connectivity index (χ4n) is 1.90. The van der Waals surface area contributed by atoms with E-state index in [1.54, 1.807) is 6.07 Å². The first-order valence-corrected chi connectivity index (χ1v) is 6.43. The van der Waals surface area contributed by atoms with Crippen molar-refractivity contribution in [2.45, 2.75) is 20.4 Å². The summed E-state index contributed by atoms with van der Waals surface area (Å²) >= 11 is 12.1. The molecule has 3 nitrogen and oxygen atoms in total. The number of benzene rings is 1. The molecular formula is C13H15Cl2N3. The Morgan fingerprint density at radius 3 is 2.61 bits per heavy atom. The van der Waals surface area contributed by atoms with Gasteiger partial charge in [-0.3, -0.25) is 4.68 Å². The topological polar surface area (TPSA) is 29.9 Å². The summed E-state index contributed by atoms with van der Waals surface area (Å²) in [7, 11) is 1.94. The lowest BCUT2D eigenvalue weighted by atomic mass is 10.2. The third-order valence-electron chi connectivity index (χ3n) is 3.07. The van der Waals surface area contributed by atoms with Crippen LogP contribution in [0, 0.1) is 13.8 Å². The highest BCUT2D eigenvalue weighted by atomic mass is 35.5. The number of nitrogens with zero attached hydrogens (tertiary/aromatic N) is 2. The number of aromatic nitrogens is 2. The highest BCUT2D eigenvalue weighted by Crippen LogP contribution is 2.30. The fourth-order valence-corrected chi connectivity index (χ4v) is 2.26. The van der Waals surface area contributed by atoms with E-state index < -0.39 is 0 Å². The quantitative estimate of drug-likeness (QED) is 0.924. The molecule has 0 atom stereocenters. The maximum Gasteiger partial charge on any atom is 0.0823 e. The van der Waals surface area contributed by atoms with Gasteiger partial charge in [0.2, 0.25) is 0 Å². The van der Waals surface area contributed by atoms with Gasteiger partial charge in [-0.1, -0.05) is 29.3 Å². The van der Waals surface area contributed by atoms with Crippen molar-refractivity contribution in [1.82, 2.24) is 9.78 Å². The summed E-state index contributed by atoms with van der Waals surface area (Å²) in [6, 6.07) is 5.56. The summed E-state index contributed by atoms with van der Waals surface area (Å²) in [5, 5.41) is 8.79. The molecule has 1 heterocycles. The van der Waals surface area contributed by atoms with Crippen molar-refractivity contribution in [2.75, 3.05) is 5.32 Å². The largest absolute Gasteiger partial charge is 0.380 e. The second-order valence-corrected chi connectivity index (χ2v) is 5.01. The monoisotopic (exact) mass is 283 g/mol. The van der Waals surface area contributed by atoms with Gasteiger partial charge in [0.15, 0.2) is 0 Å². The predicted molar refractivity (Wildman–Crippen MR) is 76.5 cm³/mol. The van der Waals surface area contributed by atoms with Gasteiger partial charge in [0, 0.05) is 24.8 Å². The molecule has 0 saturated carbocycles. The lowest BCUT2D eigenvalue weighted by Gasteiger charge is -2.09. The summed E-state index contributed by atoms with van der Waals surface area (Å²) in [5.41, 5.74) is 4.21. The van der Waals surface area contributed by atoms with Gasteiger partial charge in [-0.15, -0.1) is 0 Å². The van der Waals surface area contributed by atoms with Crippen LogP contribution in [0.4, 0.5) is 5.69 Å². The Kier molecular flexibility index (Phi) is 3.83. The molecule has 0 radical (unpaired) electrons. The van der Waals surface area contributed by atoms with Gasteiger partial charge < -0.3 is 5.32 Å². The first-order chi connectivity index (χ1) is 8.50. The smallest absolute Gasteiger partial charge is 0.0823 e. The van der Waals surface area contributed by atoms with E-state index in [9.17, 15) is 0 Å². The molecule has 0 saturated heterocycles. The summed E-state index contributed by atoms with van der Waals surface area (Å²) in [4.78, 5) is 0. The van der Waals surface area contributed by atoms with E-state index >= 15 is 0 Å². The molecule has 0 spiro atoms. The lowest BCUT2D eigenvalue weighted by molar-refractivity contribution is 0.730. The minimum Gasteiger partial charge on any atom is -0.380 e. The molecule has 1 aromatic heterocycles. The highest BCUT2D eigenvalue weighted by Gasteiger charge is 2.10. The van der Waals surface area contributed by atoms with Crippen LogP contribution in [-0.4, -0.2) is 9.78 Å². The van der Waals surface area contributed by atoms with Gasteiger partial charge in [0.1, 0.15) is 0 Å². The van der Waals surface area contributed by atoms with Gasteiger partial charge in [0.25, 0.3) is 0 Å². The molecule has 0 aliphatic heterocycles. The lowest BCUT2D eigenvalue weighted by Crippen LogP contribution is -2.02. The number of rotatable bonds is 3. The zero-order chi connectivity index (χ0) is 13.3. The maximum absolute atomic E-state index is 6.13. The normalized spacial score (nSPS) is 10.7. The number of anilines is 1. The molecule has 0 aliphatic carbocycles. The predicted octanol–water partition coefficient (Wildman–Crippen LogP) is 3.96. The van der Waals surface area contributed by atoms with Crippen LogP contribution in [0.25, 0.3) is 0 Å². The van der Waals surface area contributed by atoms with Gasteiger partial charge >= 0.3 is 0 Å². The molecule has 18 heavy (non-hydrogen) atoms. The van der Waals surface area contributed by atoms with Gasteiger partial charge in [-0.25, -0.2) is 0 Å². The summed E-state index contributed by atoms with van der Waals surface area (Å²) in [6.45, 7) is 4.74. The van der Waals surface area contributed by atoms with Crippen LogP contribution in [-0.2, 0) is 13.6 Å². The van der Waals surface area contributed by atoms with Crippen LogP contribution >= 0.6 is 23.2 Å². The van der Waals surface area contributed by atoms with Crippen LogP contribution in [0.15, 0.2) is 18.2 Å². The van der Waals surface area contributed by atoms with E-state index in [0.717, 1.165) is 17.1 Å².